The second-order valence-electron chi connectivity index (χ2n) is 3.99. The van der Waals surface area contributed by atoms with Crippen molar-refractivity contribution < 1.29 is 14.3 Å². The maximum atomic E-state index is 12.0. The van der Waals surface area contributed by atoms with Gasteiger partial charge >= 0.3 is 5.97 Å². The van der Waals surface area contributed by atoms with Crippen LogP contribution in [0.3, 0.4) is 0 Å². The van der Waals surface area contributed by atoms with E-state index in [2.05, 4.69) is 4.98 Å². The first-order chi connectivity index (χ1) is 9.17. The zero-order valence-electron chi connectivity index (χ0n) is 11.2. The van der Waals surface area contributed by atoms with E-state index in [0.717, 1.165) is 11.3 Å². The summed E-state index contributed by atoms with van der Waals surface area (Å²) < 4.78 is 11.9. The van der Waals surface area contributed by atoms with Gasteiger partial charge in [0.05, 0.1) is 19.4 Å². The van der Waals surface area contributed by atoms with Crippen molar-refractivity contribution in [2.75, 3.05) is 13.7 Å². The second kappa shape index (κ2) is 5.56. The van der Waals surface area contributed by atoms with Gasteiger partial charge in [-0.05, 0) is 31.5 Å². The fraction of sp³-hybridized carbons (Fsp3) is 0.286. The molecule has 5 heteroatoms. The molecular weight excluding hydrogens is 244 g/mol. The molecule has 0 radical (unpaired) electrons. The van der Waals surface area contributed by atoms with Crippen molar-refractivity contribution in [2.24, 2.45) is 0 Å². The van der Waals surface area contributed by atoms with E-state index in [-0.39, 0.29) is 5.97 Å². The minimum absolute atomic E-state index is 0.333. The van der Waals surface area contributed by atoms with E-state index in [4.69, 9.17) is 9.47 Å². The molecule has 0 aliphatic carbocycles. The van der Waals surface area contributed by atoms with Crippen LogP contribution in [0.5, 0.6) is 5.88 Å². The van der Waals surface area contributed by atoms with Crippen molar-refractivity contribution in [1.29, 1.82) is 0 Å². The Hall–Kier alpha value is -2.30. The highest BCUT2D eigenvalue weighted by molar-refractivity contribution is 5.90. The molecule has 0 N–H and O–H groups in total. The van der Waals surface area contributed by atoms with Gasteiger partial charge in [-0.15, -0.1) is 0 Å². The first-order valence-corrected chi connectivity index (χ1v) is 6.02. The number of carbonyl (C=O) groups excluding carboxylic acids is 1. The predicted octanol–water partition coefficient (Wildman–Crippen LogP) is 2.37. The lowest BCUT2D eigenvalue weighted by molar-refractivity contribution is 0.0516. The SMILES string of the molecule is CCOC(=O)c1c(C)ccn1-c1ccnc(OC)c1. The van der Waals surface area contributed by atoms with Crippen LogP contribution in [0.2, 0.25) is 0 Å². The monoisotopic (exact) mass is 260 g/mol. The van der Waals surface area contributed by atoms with Crippen LogP contribution in [0.15, 0.2) is 30.6 Å². The first kappa shape index (κ1) is 13.1. The maximum absolute atomic E-state index is 12.0. The van der Waals surface area contributed by atoms with Gasteiger partial charge in [-0.3, -0.25) is 0 Å². The molecule has 0 saturated heterocycles. The summed E-state index contributed by atoms with van der Waals surface area (Å²) in [5, 5.41) is 0. The smallest absolute Gasteiger partial charge is 0.355 e. The summed E-state index contributed by atoms with van der Waals surface area (Å²) in [6.07, 6.45) is 3.47. The Labute approximate surface area is 111 Å². The van der Waals surface area contributed by atoms with Crippen molar-refractivity contribution in [1.82, 2.24) is 9.55 Å². The summed E-state index contributed by atoms with van der Waals surface area (Å²) in [4.78, 5) is 16.0. The van der Waals surface area contributed by atoms with Crippen LogP contribution in [0.25, 0.3) is 5.69 Å². The van der Waals surface area contributed by atoms with E-state index in [9.17, 15) is 4.79 Å². The molecule has 2 rings (SSSR count). The quantitative estimate of drug-likeness (QED) is 0.792. The van der Waals surface area contributed by atoms with Crippen molar-refractivity contribution in [2.45, 2.75) is 13.8 Å². The molecule has 19 heavy (non-hydrogen) atoms. The summed E-state index contributed by atoms with van der Waals surface area (Å²) in [6.45, 7) is 4.01. The maximum Gasteiger partial charge on any atom is 0.355 e. The molecule has 0 saturated carbocycles. The molecule has 0 aromatic carbocycles. The molecule has 0 spiro atoms. The molecule has 0 bridgehead atoms. The fourth-order valence-corrected chi connectivity index (χ4v) is 1.86. The van der Waals surface area contributed by atoms with Gasteiger partial charge < -0.3 is 14.0 Å². The number of esters is 1. The van der Waals surface area contributed by atoms with Gasteiger partial charge in [0.1, 0.15) is 5.69 Å². The lowest BCUT2D eigenvalue weighted by Gasteiger charge is -2.10. The Morgan fingerprint density at radius 3 is 2.89 bits per heavy atom. The van der Waals surface area contributed by atoms with E-state index in [1.165, 1.54) is 0 Å². The van der Waals surface area contributed by atoms with Gasteiger partial charge in [-0.2, -0.15) is 0 Å². The largest absolute Gasteiger partial charge is 0.481 e. The predicted molar refractivity (Wildman–Crippen MR) is 70.8 cm³/mol. The molecule has 100 valence electrons. The van der Waals surface area contributed by atoms with Crippen LogP contribution in [-0.4, -0.2) is 29.2 Å². The van der Waals surface area contributed by atoms with E-state index >= 15 is 0 Å². The third-order valence-corrected chi connectivity index (χ3v) is 2.76. The van der Waals surface area contributed by atoms with Crippen molar-refractivity contribution >= 4 is 5.97 Å². The lowest BCUT2D eigenvalue weighted by atomic mass is 10.2. The van der Waals surface area contributed by atoms with Crippen molar-refractivity contribution in [3.63, 3.8) is 0 Å². The van der Waals surface area contributed by atoms with Gasteiger partial charge in [0.15, 0.2) is 0 Å². The number of aromatic nitrogens is 2. The van der Waals surface area contributed by atoms with Crippen LogP contribution in [0, 0.1) is 6.92 Å². The molecule has 2 aromatic heterocycles. The summed E-state index contributed by atoms with van der Waals surface area (Å²) in [6, 6.07) is 5.45. The third-order valence-electron chi connectivity index (χ3n) is 2.76. The first-order valence-electron chi connectivity index (χ1n) is 6.02. The molecule has 0 aliphatic rings. The molecule has 0 atom stereocenters. The Balaban J connectivity index is 2.47. The number of rotatable bonds is 4. The molecule has 0 fully saturated rings. The van der Waals surface area contributed by atoms with Crippen LogP contribution in [0.4, 0.5) is 0 Å². The number of methoxy groups -OCH3 is 1. The zero-order valence-corrected chi connectivity index (χ0v) is 11.2. The molecular formula is C14H16N2O3. The summed E-state index contributed by atoms with van der Waals surface area (Å²) in [5.74, 6) is 0.166. The normalized spacial score (nSPS) is 10.3. The summed E-state index contributed by atoms with van der Waals surface area (Å²) in [7, 11) is 1.55. The molecule has 2 heterocycles. The van der Waals surface area contributed by atoms with Gasteiger partial charge in [0.25, 0.3) is 0 Å². The third kappa shape index (κ3) is 2.59. The average molecular weight is 260 g/mol. The number of pyridine rings is 1. The minimum Gasteiger partial charge on any atom is -0.481 e. The zero-order chi connectivity index (χ0) is 13.8. The summed E-state index contributed by atoms with van der Waals surface area (Å²) in [5.41, 5.74) is 2.20. The fourth-order valence-electron chi connectivity index (χ4n) is 1.86. The number of hydrogen-bond donors (Lipinski definition) is 0. The van der Waals surface area contributed by atoms with Crippen molar-refractivity contribution in [3.05, 3.63) is 41.9 Å². The average Bonchev–Trinajstić information content (AvgIpc) is 2.81. The summed E-state index contributed by atoms with van der Waals surface area (Å²) >= 11 is 0. The van der Waals surface area contributed by atoms with Crippen LogP contribution < -0.4 is 4.74 Å². The highest BCUT2D eigenvalue weighted by Crippen LogP contribution is 2.20. The van der Waals surface area contributed by atoms with Crippen LogP contribution in [-0.2, 0) is 4.74 Å². The van der Waals surface area contributed by atoms with E-state index < -0.39 is 0 Å². The molecule has 0 aliphatic heterocycles. The Morgan fingerprint density at radius 2 is 2.21 bits per heavy atom. The van der Waals surface area contributed by atoms with Crippen LogP contribution in [0.1, 0.15) is 23.0 Å². The van der Waals surface area contributed by atoms with E-state index in [1.807, 2.05) is 25.3 Å². The van der Waals surface area contributed by atoms with Crippen molar-refractivity contribution in [3.8, 4) is 11.6 Å². The highest BCUT2D eigenvalue weighted by Gasteiger charge is 2.17. The number of hydrogen-bond acceptors (Lipinski definition) is 4. The lowest BCUT2D eigenvalue weighted by Crippen LogP contribution is -2.12. The van der Waals surface area contributed by atoms with Gasteiger partial charge in [0.2, 0.25) is 5.88 Å². The van der Waals surface area contributed by atoms with Crippen LogP contribution >= 0.6 is 0 Å². The molecule has 0 unspecified atom stereocenters. The number of ether oxygens (including phenoxy) is 2. The molecule has 0 amide bonds. The van der Waals surface area contributed by atoms with Gasteiger partial charge in [-0.25, -0.2) is 9.78 Å². The minimum atomic E-state index is -0.333. The van der Waals surface area contributed by atoms with E-state index in [0.29, 0.717) is 18.2 Å². The standard InChI is InChI=1S/C14H16N2O3/c1-4-19-14(17)13-10(2)6-8-16(13)11-5-7-15-12(9-11)18-3/h5-9H,4H2,1-3H3. The van der Waals surface area contributed by atoms with Gasteiger partial charge in [0, 0.05) is 18.5 Å². The Kier molecular flexibility index (Phi) is 3.85. The van der Waals surface area contributed by atoms with E-state index in [1.54, 1.807) is 30.9 Å². The molecule has 2 aromatic rings. The number of aryl methyl sites for hydroxylation is 1. The Bertz CT molecular complexity index is 590. The number of carbonyl (C=O) groups is 1. The second-order valence-corrected chi connectivity index (χ2v) is 3.99. The number of nitrogens with zero attached hydrogens (tertiary/aromatic N) is 2. The Morgan fingerprint density at radius 1 is 1.42 bits per heavy atom. The topological polar surface area (TPSA) is 53.4 Å². The van der Waals surface area contributed by atoms with Gasteiger partial charge in [-0.1, -0.05) is 0 Å². The molecule has 5 nitrogen and oxygen atoms in total. The highest BCUT2D eigenvalue weighted by atomic mass is 16.5.